The first-order chi connectivity index (χ1) is 48.9. The van der Waals surface area contributed by atoms with Crippen LogP contribution < -0.4 is 41.4 Å². The van der Waals surface area contributed by atoms with Gasteiger partial charge in [0.1, 0.15) is 49.5 Å². The fourth-order valence-corrected chi connectivity index (χ4v) is 12.9. The second kappa shape index (κ2) is 34.8. The number of hydrogen-bond acceptors (Lipinski definition) is 16. The van der Waals surface area contributed by atoms with Gasteiger partial charge in [-0.15, -0.1) is 0 Å². The Bertz CT molecular complexity index is 3830. The van der Waals surface area contributed by atoms with Gasteiger partial charge in [-0.25, -0.2) is 9.97 Å². The first kappa shape index (κ1) is 75.1. The van der Waals surface area contributed by atoms with Gasteiger partial charge in [-0.3, -0.25) is 57.5 Å². The molecule has 0 spiro atoms. The van der Waals surface area contributed by atoms with Crippen molar-refractivity contribution in [2.75, 3.05) is 80.5 Å². The van der Waals surface area contributed by atoms with Crippen LogP contribution in [-0.2, 0) is 61.2 Å². The largest absolute Gasteiger partial charge is 0.486 e. The lowest BCUT2D eigenvalue weighted by Gasteiger charge is -2.37. The van der Waals surface area contributed by atoms with Crippen molar-refractivity contribution in [3.63, 3.8) is 0 Å². The molecule has 3 aliphatic heterocycles. The highest BCUT2D eigenvalue weighted by molar-refractivity contribution is 6.03. The maximum absolute atomic E-state index is 15.1. The van der Waals surface area contributed by atoms with E-state index in [9.17, 15) is 47.9 Å². The minimum absolute atomic E-state index is 0.0452. The Morgan fingerprint density at radius 1 is 0.471 bits per heavy atom. The second-order valence-electron chi connectivity index (χ2n) is 26.6. The van der Waals surface area contributed by atoms with E-state index in [-0.39, 0.29) is 62.0 Å². The maximum atomic E-state index is 15.1. The van der Waals surface area contributed by atoms with Crippen LogP contribution in [0.5, 0.6) is 11.5 Å². The molecule has 12 amide bonds. The molecule has 3 aliphatic rings. The predicted octanol–water partition coefficient (Wildman–Crippen LogP) is 2.96. The summed E-state index contributed by atoms with van der Waals surface area (Å²) in [5.74, 6) is -10.1. The molecule has 540 valence electrons. The summed E-state index contributed by atoms with van der Waals surface area (Å²) in [6, 6.07) is 27.7. The second-order valence-corrected chi connectivity index (χ2v) is 26.6. The van der Waals surface area contributed by atoms with Crippen molar-refractivity contribution in [1.29, 1.82) is 0 Å². The summed E-state index contributed by atoms with van der Waals surface area (Å²) in [7, 11) is 5.36. The topological polar surface area (TPSA) is 341 Å². The zero-order valence-electron chi connectivity index (χ0n) is 58.8. The van der Waals surface area contributed by atoms with E-state index in [1.165, 1.54) is 38.0 Å². The Balaban J connectivity index is 0.996. The number of carbonyl (C=O) groups is 12. The molecule has 4 aromatic carbocycles. The van der Waals surface area contributed by atoms with E-state index < -0.39 is 158 Å². The van der Waals surface area contributed by atoms with Crippen LogP contribution in [0.3, 0.4) is 0 Å². The van der Waals surface area contributed by atoms with E-state index >= 15 is 9.59 Å². The van der Waals surface area contributed by atoms with E-state index in [0.29, 0.717) is 47.5 Å². The number of para-hydroxylation sites is 2. The van der Waals surface area contributed by atoms with Crippen molar-refractivity contribution in [3.05, 3.63) is 144 Å². The molecule has 0 aliphatic carbocycles. The summed E-state index contributed by atoms with van der Waals surface area (Å²) in [6.45, 7) is 3.49. The zero-order chi connectivity index (χ0) is 73.3. The van der Waals surface area contributed by atoms with Gasteiger partial charge in [-0.2, -0.15) is 0 Å². The van der Waals surface area contributed by atoms with Gasteiger partial charge in [-0.05, 0) is 85.8 Å². The van der Waals surface area contributed by atoms with Crippen LogP contribution in [-0.4, -0.2) is 227 Å². The van der Waals surface area contributed by atoms with Crippen molar-refractivity contribution >= 4 is 92.7 Å². The SMILES string of the molecule is CC(C)[C@H]1C(=O)NCC(=O)N(C)CC(=O)N2CCCC[C@H]2C(=O)NC[C@@H](NC(=O)c2nc3ccccc3cc2OCc2ccccc2)C(=O)N(C)[C@@H](C(C)C)C(=O)NCC(=O)N(C)CC(=O)N2CCCC[C@H]2C(=O)NC[C@@H](NC(=O)c2nc3ccccc3cc2OCc2ccccc2)C(=O)N1C. The van der Waals surface area contributed by atoms with Crippen LogP contribution in [0.25, 0.3) is 21.8 Å². The predicted molar refractivity (Wildman–Crippen MR) is 376 cm³/mol. The lowest BCUT2D eigenvalue weighted by Crippen LogP contribution is -2.61. The Kier molecular flexibility index (Phi) is 25.7. The number of amides is 12. The quantitative estimate of drug-likeness (QED) is 0.103. The Morgan fingerprint density at radius 2 is 0.833 bits per heavy atom. The van der Waals surface area contributed by atoms with Crippen molar-refractivity contribution in [2.24, 2.45) is 11.8 Å². The van der Waals surface area contributed by atoms with E-state index in [0.717, 1.165) is 30.7 Å². The summed E-state index contributed by atoms with van der Waals surface area (Å²) >= 11 is 0. The molecule has 3 saturated heterocycles. The number of nitrogens with zero attached hydrogens (tertiary/aromatic N) is 8. The van der Waals surface area contributed by atoms with Gasteiger partial charge >= 0.3 is 0 Å². The molecular weight excluding hydrogens is 1310 g/mol. The van der Waals surface area contributed by atoms with Crippen LogP contribution in [0.15, 0.2) is 121 Å². The van der Waals surface area contributed by atoms with E-state index in [1.807, 2.05) is 60.7 Å². The van der Waals surface area contributed by atoms with Gasteiger partial charge in [0, 0.05) is 65.1 Å². The van der Waals surface area contributed by atoms with Gasteiger partial charge in [0.2, 0.25) is 59.1 Å². The third-order valence-electron chi connectivity index (χ3n) is 18.5. The van der Waals surface area contributed by atoms with Gasteiger partial charge in [0.05, 0.1) is 37.2 Å². The number of likely N-dealkylation sites (N-methyl/N-ethyl adjacent to an activating group) is 4. The molecule has 6 N–H and O–H groups in total. The molecule has 102 heavy (non-hydrogen) atoms. The number of ether oxygens (including phenoxy) is 2. The van der Waals surface area contributed by atoms with Crippen LogP contribution in [0, 0.1) is 11.8 Å². The normalized spacial score (nSPS) is 21.3. The van der Waals surface area contributed by atoms with E-state index in [4.69, 9.17) is 9.47 Å². The number of carbonyl (C=O) groups excluding carboxylic acids is 12. The first-order valence-corrected chi connectivity index (χ1v) is 34.3. The molecular formula is C74H90N14O14. The molecule has 0 radical (unpaired) electrons. The highest BCUT2D eigenvalue weighted by atomic mass is 16.5. The van der Waals surface area contributed by atoms with Crippen LogP contribution in [0.1, 0.15) is 98.3 Å². The molecule has 9 rings (SSSR count). The molecule has 0 unspecified atom stereocenters. The average Bonchev–Trinajstić information content (AvgIpc) is 0.804. The summed E-state index contributed by atoms with van der Waals surface area (Å²) in [5.41, 5.74) is 2.05. The van der Waals surface area contributed by atoms with Crippen molar-refractivity contribution < 1.29 is 67.0 Å². The summed E-state index contributed by atoms with van der Waals surface area (Å²) in [5, 5.41) is 17.6. The molecule has 6 atom stereocenters. The molecule has 5 heterocycles. The average molecular weight is 1400 g/mol. The highest BCUT2D eigenvalue weighted by Crippen LogP contribution is 2.28. The van der Waals surface area contributed by atoms with E-state index in [2.05, 4.69) is 41.9 Å². The van der Waals surface area contributed by atoms with Gasteiger partial charge in [0.25, 0.3) is 11.8 Å². The number of piperidine rings is 2. The molecule has 28 nitrogen and oxygen atoms in total. The fourth-order valence-electron chi connectivity index (χ4n) is 12.9. The first-order valence-electron chi connectivity index (χ1n) is 34.3. The molecule has 6 aromatic rings. The molecule has 3 fully saturated rings. The number of benzene rings is 4. The maximum Gasteiger partial charge on any atom is 0.274 e. The van der Waals surface area contributed by atoms with Crippen molar-refractivity contribution in [2.45, 2.75) is 116 Å². The van der Waals surface area contributed by atoms with Crippen LogP contribution in [0.2, 0.25) is 0 Å². The summed E-state index contributed by atoms with van der Waals surface area (Å²) in [4.78, 5) is 190. The highest BCUT2D eigenvalue weighted by Gasteiger charge is 2.41. The molecule has 0 bridgehead atoms. The number of hydrogen-bond donors (Lipinski definition) is 6. The zero-order valence-corrected chi connectivity index (χ0v) is 58.8. The third kappa shape index (κ3) is 18.9. The monoisotopic (exact) mass is 1400 g/mol. The number of pyridine rings is 2. The Labute approximate surface area is 591 Å². The lowest BCUT2D eigenvalue weighted by molar-refractivity contribution is -0.147. The lowest BCUT2D eigenvalue weighted by atomic mass is 10.00. The summed E-state index contributed by atoms with van der Waals surface area (Å²) < 4.78 is 12.4. The smallest absolute Gasteiger partial charge is 0.274 e. The Morgan fingerprint density at radius 3 is 1.21 bits per heavy atom. The number of rotatable bonds is 12. The number of fused-ring (bicyclic) bond motifs is 4. The van der Waals surface area contributed by atoms with E-state index in [1.54, 1.807) is 88.4 Å². The van der Waals surface area contributed by atoms with Gasteiger partial charge < -0.3 is 70.8 Å². The minimum Gasteiger partial charge on any atom is -0.486 e. The van der Waals surface area contributed by atoms with Crippen molar-refractivity contribution in [1.82, 2.24) is 71.3 Å². The minimum atomic E-state index is -1.61. The number of nitrogens with one attached hydrogen (secondary N) is 6. The standard InChI is InChI=1S/C74H90N14O14/c1-45(2)65-71(97)77-39-59(89)83(5)41-61(91)88-34-22-20-32-56(88)68(94)76-38-54(82-70(96)64-58(102-44-48-25-13-10-14-26-48)36-50-28-16-18-30-52(50)80-64)74(100)86(8)66(46(3)4)72(98)78-40-60(90)84(6)42-62(92)87-33-21-19-31-55(87)67(93)75-37-53(73(99)85(65)7)81-69(95)63-57(101-43-47-23-11-9-12-24-47)35-49-27-15-17-29-51(49)79-63/h9-18,23-30,35-36,45-46,53-56,65-66H,19-22,31-34,37-44H2,1-8H3,(H,75,93)(H,76,94)(H,77,97)(H,78,98)(H,81,95)(H,82,96)/t53-,54-,55+,56+,65+,66+/m1/s1. The molecule has 2 aromatic heterocycles. The fraction of sp³-hybridized carbons (Fsp3) is 0.432. The van der Waals surface area contributed by atoms with Crippen molar-refractivity contribution in [3.8, 4) is 11.5 Å². The van der Waals surface area contributed by atoms with Gasteiger partial charge in [0.15, 0.2) is 22.9 Å². The molecule has 28 heteroatoms. The van der Waals surface area contributed by atoms with Crippen LogP contribution in [0.4, 0.5) is 0 Å². The third-order valence-corrected chi connectivity index (χ3v) is 18.5. The number of aromatic nitrogens is 2. The summed E-state index contributed by atoms with van der Waals surface area (Å²) in [6.07, 6.45) is 2.40. The van der Waals surface area contributed by atoms with Gasteiger partial charge in [-0.1, -0.05) is 125 Å². The molecule has 0 saturated carbocycles. The Hall–Kier alpha value is -11.1. The van der Waals surface area contributed by atoms with Crippen LogP contribution >= 0.6 is 0 Å².